The molecule has 2 aromatic carbocycles. The van der Waals surface area contributed by atoms with Crippen molar-refractivity contribution in [1.82, 2.24) is 9.55 Å². The summed E-state index contributed by atoms with van der Waals surface area (Å²) in [5.41, 5.74) is -2.00. The quantitative estimate of drug-likeness (QED) is 0.655. The predicted octanol–water partition coefficient (Wildman–Crippen LogP) is 2.14. The summed E-state index contributed by atoms with van der Waals surface area (Å²) in [6.45, 7) is 0. The average Bonchev–Trinajstić information content (AvgIpc) is 2.68. The number of hydrogen-bond donors (Lipinski definition) is 2. The first-order valence-corrected chi connectivity index (χ1v) is 8.05. The monoisotopic (exact) mass is 385 g/mol. The molecule has 2 N–H and O–H groups in total. The van der Waals surface area contributed by atoms with Crippen molar-refractivity contribution < 1.29 is 19.0 Å². The molecule has 3 rings (SSSR count). The molecule has 0 saturated carbocycles. The number of methoxy groups -OCH3 is 2. The zero-order valence-corrected chi connectivity index (χ0v) is 15.0. The number of rotatable bonds is 5. The van der Waals surface area contributed by atoms with Gasteiger partial charge in [0.2, 0.25) is 5.88 Å². The molecule has 8 nitrogen and oxygen atoms in total. The molecular weight excluding hydrogens is 369 g/mol. The minimum atomic E-state index is -0.979. The molecule has 0 atom stereocenters. The lowest BCUT2D eigenvalue weighted by molar-refractivity contribution is 0.394. The highest BCUT2D eigenvalue weighted by Crippen LogP contribution is 2.28. The molecule has 0 fully saturated rings. The minimum Gasteiger partial charge on any atom is -0.497 e. The molecule has 9 heteroatoms. The molecule has 28 heavy (non-hydrogen) atoms. The lowest BCUT2D eigenvalue weighted by atomic mass is 10.2. The lowest BCUT2D eigenvalue weighted by Gasteiger charge is -2.10. The maximum Gasteiger partial charge on any atom is 0.335 e. The molecule has 0 bridgehead atoms. The molecule has 0 aliphatic heterocycles. The molecule has 0 aliphatic rings. The number of aliphatic imine (C=N–C) groups is 1. The maximum absolute atomic E-state index is 14.1. The van der Waals surface area contributed by atoms with E-state index in [1.165, 1.54) is 32.4 Å². The second-order valence-corrected chi connectivity index (χ2v) is 5.61. The summed E-state index contributed by atoms with van der Waals surface area (Å²) >= 11 is 0. The summed E-state index contributed by atoms with van der Waals surface area (Å²) in [5.74, 6) is -0.535. The molecule has 1 aromatic heterocycles. The van der Waals surface area contributed by atoms with Gasteiger partial charge >= 0.3 is 5.69 Å². The first-order valence-electron chi connectivity index (χ1n) is 8.05. The Hall–Kier alpha value is -3.88. The van der Waals surface area contributed by atoms with Gasteiger partial charge in [-0.05, 0) is 12.1 Å². The van der Waals surface area contributed by atoms with Crippen molar-refractivity contribution in [2.24, 2.45) is 4.99 Å². The van der Waals surface area contributed by atoms with E-state index in [1.807, 2.05) is 4.98 Å². The standard InChI is InChI=1S/C19H16FN3O5/c1-27-12-7-11(8-13(9-12)28-2)21-10-14-17(24)22-19(26)23(18(14)25)16-6-4-3-5-15(16)20/h3-10,25H,1-2H3,(H,22,24,26). The van der Waals surface area contributed by atoms with Gasteiger partial charge in [0, 0.05) is 24.4 Å². The van der Waals surface area contributed by atoms with E-state index in [0.717, 1.165) is 12.3 Å². The van der Waals surface area contributed by atoms with Crippen LogP contribution in [0.5, 0.6) is 17.4 Å². The first-order chi connectivity index (χ1) is 13.4. The number of benzene rings is 2. The van der Waals surface area contributed by atoms with Gasteiger partial charge in [-0.25, -0.2) is 13.8 Å². The van der Waals surface area contributed by atoms with E-state index < -0.39 is 22.9 Å². The minimum absolute atomic E-state index is 0.209. The summed E-state index contributed by atoms with van der Waals surface area (Å²) in [6.07, 6.45) is 1.07. The number of nitrogens with one attached hydrogen (secondary N) is 1. The number of ether oxygens (including phenoxy) is 2. The van der Waals surface area contributed by atoms with E-state index in [1.54, 1.807) is 18.2 Å². The third-order valence-electron chi connectivity index (χ3n) is 3.89. The van der Waals surface area contributed by atoms with Crippen LogP contribution in [0.1, 0.15) is 5.56 Å². The van der Waals surface area contributed by atoms with Crippen LogP contribution in [0, 0.1) is 5.82 Å². The summed E-state index contributed by atoms with van der Waals surface area (Å²) < 4.78 is 25.0. The van der Waals surface area contributed by atoms with Gasteiger partial charge in [-0.1, -0.05) is 12.1 Å². The Morgan fingerprint density at radius 1 is 1.11 bits per heavy atom. The Bertz CT molecular complexity index is 1140. The van der Waals surface area contributed by atoms with E-state index in [2.05, 4.69) is 4.99 Å². The fourth-order valence-electron chi connectivity index (χ4n) is 2.52. The molecular formula is C19H16FN3O5. The van der Waals surface area contributed by atoms with Crippen LogP contribution in [-0.4, -0.2) is 35.1 Å². The molecule has 0 aliphatic carbocycles. The fraction of sp³-hybridized carbons (Fsp3) is 0.105. The van der Waals surface area contributed by atoms with Gasteiger partial charge in [0.25, 0.3) is 5.56 Å². The van der Waals surface area contributed by atoms with Gasteiger partial charge in [0.05, 0.1) is 25.6 Å². The molecule has 0 spiro atoms. The number of hydrogen-bond acceptors (Lipinski definition) is 6. The zero-order valence-electron chi connectivity index (χ0n) is 15.0. The zero-order chi connectivity index (χ0) is 20.3. The van der Waals surface area contributed by atoms with E-state index in [9.17, 15) is 19.1 Å². The molecule has 3 aromatic rings. The summed E-state index contributed by atoms with van der Waals surface area (Å²) in [6, 6.07) is 10.2. The first kappa shape index (κ1) is 18.9. The molecule has 1 heterocycles. The van der Waals surface area contributed by atoms with Crippen LogP contribution in [0.25, 0.3) is 5.69 Å². The van der Waals surface area contributed by atoms with E-state index in [0.29, 0.717) is 21.8 Å². The summed E-state index contributed by atoms with van der Waals surface area (Å²) in [7, 11) is 2.95. The number of aromatic hydroxyl groups is 1. The Kier molecular flexibility index (Phi) is 5.25. The van der Waals surface area contributed by atoms with Crippen molar-refractivity contribution in [2.45, 2.75) is 0 Å². The van der Waals surface area contributed by atoms with Gasteiger partial charge < -0.3 is 14.6 Å². The van der Waals surface area contributed by atoms with Crippen LogP contribution in [0.15, 0.2) is 57.0 Å². The second kappa shape index (κ2) is 7.78. The largest absolute Gasteiger partial charge is 0.497 e. The van der Waals surface area contributed by atoms with Gasteiger partial charge in [0.15, 0.2) is 0 Å². The van der Waals surface area contributed by atoms with Crippen LogP contribution >= 0.6 is 0 Å². The van der Waals surface area contributed by atoms with E-state index in [-0.39, 0.29) is 11.3 Å². The average molecular weight is 385 g/mol. The van der Waals surface area contributed by atoms with E-state index in [4.69, 9.17) is 9.47 Å². The highest BCUT2D eigenvalue weighted by atomic mass is 19.1. The van der Waals surface area contributed by atoms with Crippen LogP contribution in [0.2, 0.25) is 0 Å². The Labute approximate surface area is 158 Å². The number of aromatic amines is 1. The smallest absolute Gasteiger partial charge is 0.335 e. The van der Waals surface area contributed by atoms with Crippen molar-refractivity contribution >= 4 is 11.9 Å². The van der Waals surface area contributed by atoms with Gasteiger partial charge in [-0.3, -0.25) is 14.8 Å². The molecule has 0 saturated heterocycles. The van der Waals surface area contributed by atoms with Crippen LogP contribution in [0.3, 0.4) is 0 Å². The number of aromatic nitrogens is 2. The van der Waals surface area contributed by atoms with Gasteiger partial charge in [0.1, 0.15) is 22.9 Å². The number of nitrogens with zero attached hydrogens (tertiary/aromatic N) is 2. The van der Waals surface area contributed by atoms with Crippen molar-refractivity contribution in [3.63, 3.8) is 0 Å². The van der Waals surface area contributed by atoms with Crippen LogP contribution in [0.4, 0.5) is 10.1 Å². The summed E-state index contributed by atoms with van der Waals surface area (Å²) in [5, 5.41) is 10.4. The molecule has 0 radical (unpaired) electrons. The molecule has 144 valence electrons. The lowest BCUT2D eigenvalue weighted by Crippen LogP contribution is -2.31. The Morgan fingerprint density at radius 3 is 2.36 bits per heavy atom. The molecule has 0 unspecified atom stereocenters. The second-order valence-electron chi connectivity index (χ2n) is 5.61. The van der Waals surface area contributed by atoms with Crippen molar-refractivity contribution in [3.05, 3.63) is 74.7 Å². The van der Waals surface area contributed by atoms with Crippen molar-refractivity contribution in [2.75, 3.05) is 14.2 Å². The Morgan fingerprint density at radius 2 is 1.75 bits per heavy atom. The van der Waals surface area contributed by atoms with Gasteiger partial charge in [-0.15, -0.1) is 0 Å². The Balaban J connectivity index is 2.13. The molecule has 0 amide bonds. The third-order valence-corrected chi connectivity index (χ3v) is 3.89. The number of halogens is 1. The third kappa shape index (κ3) is 3.63. The van der Waals surface area contributed by atoms with Crippen LogP contribution < -0.4 is 20.7 Å². The number of para-hydroxylation sites is 1. The topological polar surface area (TPSA) is 106 Å². The van der Waals surface area contributed by atoms with Crippen molar-refractivity contribution in [3.8, 4) is 23.1 Å². The normalized spacial score (nSPS) is 11.0. The van der Waals surface area contributed by atoms with Crippen LogP contribution in [-0.2, 0) is 0 Å². The summed E-state index contributed by atoms with van der Waals surface area (Å²) in [4.78, 5) is 30.4. The maximum atomic E-state index is 14.1. The number of H-pyrrole nitrogens is 1. The predicted molar refractivity (Wildman–Crippen MR) is 101 cm³/mol. The SMILES string of the molecule is COc1cc(N=Cc2c(O)n(-c3ccccc3F)c(=O)[nH]c2=O)cc(OC)c1. The fourth-order valence-corrected chi connectivity index (χ4v) is 2.52. The highest BCUT2D eigenvalue weighted by Gasteiger charge is 2.16. The van der Waals surface area contributed by atoms with Gasteiger partial charge in [-0.2, -0.15) is 0 Å². The highest BCUT2D eigenvalue weighted by molar-refractivity contribution is 5.84. The van der Waals surface area contributed by atoms with E-state index >= 15 is 0 Å². The van der Waals surface area contributed by atoms with Crippen molar-refractivity contribution in [1.29, 1.82) is 0 Å².